The molecule has 2 atom stereocenters. The monoisotopic (exact) mass is 690 g/mol. The second-order valence-corrected chi connectivity index (χ2v) is 38.6. The van der Waals surface area contributed by atoms with E-state index < -0.39 is 18.0 Å². The van der Waals surface area contributed by atoms with Crippen LogP contribution in [0.15, 0.2) is 97.1 Å². The summed E-state index contributed by atoms with van der Waals surface area (Å²) in [6.45, 7) is 9.30. The number of fused-ring (bicyclic) bond motifs is 2. The van der Waals surface area contributed by atoms with E-state index in [1.165, 1.54) is 57.3 Å². The Kier molecular flexibility index (Phi) is 6.94. The van der Waals surface area contributed by atoms with Gasteiger partial charge in [-0.1, -0.05) is 0 Å². The summed E-state index contributed by atoms with van der Waals surface area (Å²) >= 11 is -3.95. The fourth-order valence-electron chi connectivity index (χ4n) is 8.44. The summed E-state index contributed by atoms with van der Waals surface area (Å²) in [7, 11) is 0. The van der Waals surface area contributed by atoms with Crippen LogP contribution in [0.2, 0.25) is 9.36 Å². The van der Waals surface area contributed by atoms with Crippen molar-refractivity contribution < 1.29 is 18.0 Å². The van der Waals surface area contributed by atoms with Gasteiger partial charge >= 0.3 is 243 Å². The maximum atomic E-state index is 2.79. The second kappa shape index (κ2) is 10.2. The van der Waals surface area contributed by atoms with Crippen molar-refractivity contribution in [3.05, 3.63) is 130 Å². The summed E-state index contributed by atoms with van der Waals surface area (Å²) in [6.07, 6.45) is 12.5. The average Bonchev–Trinajstić information content (AvgIpc) is 3.60. The molecule has 0 fully saturated rings. The zero-order valence-corrected chi connectivity index (χ0v) is 28.6. The maximum absolute atomic E-state index is 3.95. The van der Waals surface area contributed by atoms with Crippen LogP contribution in [0.3, 0.4) is 0 Å². The van der Waals surface area contributed by atoms with Gasteiger partial charge in [-0.15, -0.1) is 0 Å². The molecule has 2 aliphatic carbocycles. The van der Waals surface area contributed by atoms with Gasteiger partial charge in [-0.2, -0.15) is 0 Å². The first-order chi connectivity index (χ1) is 19.3. The minimum atomic E-state index is -3.95. The van der Waals surface area contributed by atoms with Crippen LogP contribution >= 0.6 is 0 Å². The van der Waals surface area contributed by atoms with Gasteiger partial charge in [0.15, 0.2) is 0 Å². The van der Waals surface area contributed by atoms with E-state index in [9.17, 15) is 0 Å². The second-order valence-electron chi connectivity index (χ2n) is 12.8. The molecular formula is C39H42Hf. The molecule has 0 heterocycles. The topological polar surface area (TPSA) is 0 Å². The average molecular weight is 689 g/mol. The molecule has 2 unspecified atom stereocenters. The molecule has 0 saturated heterocycles. The summed E-state index contributed by atoms with van der Waals surface area (Å²) in [5.41, 5.74) is 14.2. The molecule has 0 aliphatic heterocycles. The third kappa shape index (κ3) is 3.99. The summed E-state index contributed by atoms with van der Waals surface area (Å²) in [5, 5.41) is 0. The number of hydrogen-bond donors (Lipinski definition) is 0. The van der Waals surface area contributed by atoms with E-state index in [-0.39, 0.29) is 0 Å². The predicted octanol–water partition coefficient (Wildman–Crippen LogP) is 11.3. The summed E-state index contributed by atoms with van der Waals surface area (Å²) in [4.78, 5) is 0. The van der Waals surface area contributed by atoms with Gasteiger partial charge in [-0.3, -0.25) is 0 Å². The van der Waals surface area contributed by atoms with Gasteiger partial charge in [0.05, 0.1) is 0 Å². The standard InChI is InChI=1S/2C16H13.C5H10.2CH3.Hf/c2*1-12-6-2-3-9-14(12)16-11-5-8-13-7-4-10-15(13)16;1-3-5-4-2;;;/h2*2-11H,1H3;3-4H2,1-2H3;2*1H3;. The summed E-state index contributed by atoms with van der Waals surface area (Å²) in [6, 6.07) is 31.9. The molecule has 4 aromatic rings. The molecule has 202 valence electrons. The van der Waals surface area contributed by atoms with Crippen molar-refractivity contribution in [1.82, 2.24) is 0 Å². The molecule has 0 bridgehead atoms. The first-order valence-electron chi connectivity index (χ1n) is 15.1. The van der Waals surface area contributed by atoms with Crippen molar-refractivity contribution in [2.75, 3.05) is 0 Å². The summed E-state index contributed by atoms with van der Waals surface area (Å²) in [5.74, 6) is 0. The molecule has 40 heavy (non-hydrogen) atoms. The van der Waals surface area contributed by atoms with Gasteiger partial charge in [0.1, 0.15) is 0 Å². The van der Waals surface area contributed by atoms with Gasteiger partial charge in [0.25, 0.3) is 0 Å². The summed E-state index contributed by atoms with van der Waals surface area (Å²) < 4.78 is 8.41. The molecule has 1 heteroatoms. The molecule has 0 amide bonds. The molecule has 4 aromatic carbocycles. The van der Waals surface area contributed by atoms with Gasteiger partial charge in [0, 0.05) is 0 Å². The van der Waals surface area contributed by atoms with Crippen molar-refractivity contribution in [2.24, 2.45) is 0 Å². The SMILES string of the molecule is CC[C](CC)=[Hf]([CH3])([CH3])([CH]1C=Cc2c(-c3ccccc3C)cccc21)[CH]1C=Cc2c(-c3ccccc3C)cccc21. The van der Waals surface area contributed by atoms with Crippen LogP contribution in [-0.4, -0.2) is 3.26 Å². The molecule has 0 nitrogen and oxygen atoms in total. The van der Waals surface area contributed by atoms with E-state index in [1.807, 2.05) is 3.26 Å². The Bertz CT molecular complexity index is 1630. The molecule has 6 rings (SSSR count). The molecular weight excluding hydrogens is 647 g/mol. The van der Waals surface area contributed by atoms with Crippen LogP contribution in [0.1, 0.15) is 67.4 Å². The van der Waals surface area contributed by atoms with Crippen LogP contribution in [0.25, 0.3) is 34.4 Å². The van der Waals surface area contributed by atoms with E-state index in [4.69, 9.17) is 0 Å². The Hall–Kier alpha value is -2.90. The number of allylic oxidation sites excluding steroid dienone is 2. The Morgan fingerprint density at radius 1 is 0.550 bits per heavy atom. The fraction of sp³-hybridized carbons (Fsp3) is 0.256. The van der Waals surface area contributed by atoms with E-state index in [0.717, 1.165) is 0 Å². The van der Waals surface area contributed by atoms with Crippen LogP contribution in [0.5, 0.6) is 0 Å². The molecule has 2 aliphatic rings. The van der Waals surface area contributed by atoms with Gasteiger partial charge < -0.3 is 0 Å². The van der Waals surface area contributed by atoms with Crippen molar-refractivity contribution in [3.63, 3.8) is 0 Å². The predicted molar refractivity (Wildman–Crippen MR) is 174 cm³/mol. The third-order valence-electron chi connectivity index (χ3n) is 10.6. The van der Waals surface area contributed by atoms with Gasteiger partial charge in [-0.05, 0) is 0 Å². The molecule has 0 saturated carbocycles. The van der Waals surface area contributed by atoms with E-state index in [0.29, 0.717) is 7.35 Å². The van der Waals surface area contributed by atoms with E-state index >= 15 is 0 Å². The molecule has 0 radical (unpaired) electrons. The Balaban J connectivity index is 1.57. The van der Waals surface area contributed by atoms with Crippen molar-refractivity contribution >= 4 is 15.4 Å². The minimum absolute atomic E-state index is 0.494. The van der Waals surface area contributed by atoms with E-state index in [1.54, 1.807) is 11.1 Å². The van der Waals surface area contributed by atoms with Crippen molar-refractivity contribution in [2.45, 2.75) is 57.2 Å². The number of rotatable bonds is 6. The normalized spacial score (nSPS) is 17.7. The first kappa shape index (κ1) is 27.3. The zero-order valence-electron chi connectivity index (χ0n) is 25.0. The van der Waals surface area contributed by atoms with Crippen molar-refractivity contribution in [1.29, 1.82) is 0 Å². The number of benzene rings is 4. The van der Waals surface area contributed by atoms with Crippen molar-refractivity contribution in [3.8, 4) is 22.3 Å². The fourth-order valence-corrected chi connectivity index (χ4v) is 34.6. The van der Waals surface area contributed by atoms with Gasteiger partial charge in [0.2, 0.25) is 0 Å². The number of hydrogen-bond acceptors (Lipinski definition) is 0. The number of aryl methyl sites for hydroxylation is 2. The van der Waals surface area contributed by atoms with Crippen LogP contribution < -0.4 is 0 Å². The van der Waals surface area contributed by atoms with Crippen LogP contribution in [0, 0.1) is 13.8 Å². The van der Waals surface area contributed by atoms with Gasteiger partial charge in [-0.25, -0.2) is 0 Å². The van der Waals surface area contributed by atoms with Crippen LogP contribution in [0.4, 0.5) is 0 Å². The zero-order chi connectivity index (χ0) is 28.1. The quantitative estimate of drug-likeness (QED) is 0.177. The Morgan fingerprint density at radius 3 is 1.35 bits per heavy atom. The Morgan fingerprint density at radius 2 is 0.950 bits per heavy atom. The third-order valence-corrected chi connectivity index (χ3v) is 38.5. The van der Waals surface area contributed by atoms with Crippen LogP contribution in [-0.2, 0) is 18.0 Å². The van der Waals surface area contributed by atoms with E-state index in [2.05, 4.69) is 146 Å². The molecule has 0 spiro atoms. The first-order valence-corrected chi connectivity index (χ1v) is 28.2. The molecule has 0 N–H and O–H groups in total. The Labute approximate surface area is 242 Å². The molecule has 0 aromatic heterocycles.